The first-order valence-electron chi connectivity index (χ1n) is 7.89. The van der Waals surface area contributed by atoms with Crippen LogP contribution in [0, 0.1) is 0 Å². The molecule has 1 heterocycles. The van der Waals surface area contributed by atoms with Crippen molar-refractivity contribution < 1.29 is 0 Å². The Labute approximate surface area is 122 Å². The van der Waals surface area contributed by atoms with Crippen LogP contribution in [0.5, 0.6) is 0 Å². The van der Waals surface area contributed by atoms with Gasteiger partial charge < -0.3 is 9.47 Å². The van der Waals surface area contributed by atoms with Crippen molar-refractivity contribution in [3.8, 4) is 0 Å². The third kappa shape index (κ3) is 3.60. The first kappa shape index (κ1) is 15.0. The SMILES string of the molecule is CCCN(CC)CCCCc1nc2ccccc2n1C. The second-order valence-electron chi connectivity index (χ2n) is 5.47. The predicted octanol–water partition coefficient (Wildman–Crippen LogP) is 3.63. The van der Waals surface area contributed by atoms with E-state index in [2.05, 4.69) is 54.6 Å². The summed E-state index contributed by atoms with van der Waals surface area (Å²) in [7, 11) is 2.13. The highest BCUT2D eigenvalue weighted by Crippen LogP contribution is 2.15. The van der Waals surface area contributed by atoms with E-state index in [4.69, 9.17) is 4.98 Å². The van der Waals surface area contributed by atoms with Crippen molar-refractivity contribution in [2.24, 2.45) is 7.05 Å². The molecule has 0 aliphatic rings. The third-order valence-electron chi connectivity index (χ3n) is 3.99. The monoisotopic (exact) mass is 273 g/mol. The number of aryl methyl sites for hydroxylation is 2. The Kier molecular flexibility index (Phi) is 5.60. The highest BCUT2D eigenvalue weighted by Gasteiger charge is 2.07. The van der Waals surface area contributed by atoms with Gasteiger partial charge in [0.15, 0.2) is 0 Å². The van der Waals surface area contributed by atoms with Gasteiger partial charge in [0, 0.05) is 13.5 Å². The number of nitrogens with zero attached hydrogens (tertiary/aromatic N) is 3. The second-order valence-corrected chi connectivity index (χ2v) is 5.47. The lowest BCUT2D eigenvalue weighted by atomic mass is 10.2. The molecule has 0 saturated carbocycles. The zero-order valence-electron chi connectivity index (χ0n) is 13.1. The summed E-state index contributed by atoms with van der Waals surface area (Å²) in [5.41, 5.74) is 2.36. The molecular formula is C17H27N3. The van der Waals surface area contributed by atoms with E-state index >= 15 is 0 Å². The van der Waals surface area contributed by atoms with E-state index in [1.807, 2.05) is 0 Å². The molecule has 0 fully saturated rings. The largest absolute Gasteiger partial charge is 0.331 e. The molecule has 0 spiro atoms. The first-order chi connectivity index (χ1) is 9.76. The Bertz CT molecular complexity index is 530. The lowest BCUT2D eigenvalue weighted by molar-refractivity contribution is 0.282. The van der Waals surface area contributed by atoms with Crippen LogP contribution in [0.2, 0.25) is 0 Å². The number of unbranched alkanes of at least 4 members (excludes halogenated alkanes) is 1. The van der Waals surface area contributed by atoms with Crippen LogP contribution in [0.3, 0.4) is 0 Å². The first-order valence-corrected chi connectivity index (χ1v) is 7.89. The average molecular weight is 273 g/mol. The summed E-state index contributed by atoms with van der Waals surface area (Å²) in [4.78, 5) is 7.27. The van der Waals surface area contributed by atoms with Crippen LogP contribution in [0.25, 0.3) is 11.0 Å². The minimum atomic E-state index is 1.08. The Morgan fingerprint density at radius 2 is 1.90 bits per heavy atom. The standard InChI is InChI=1S/C17H27N3/c1-4-13-20(5-2)14-9-8-12-17-18-15-10-6-7-11-16(15)19(17)3/h6-7,10-11H,4-5,8-9,12-14H2,1-3H3. The molecule has 1 aromatic carbocycles. The molecule has 3 nitrogen and oxygen atoms in total. The molecule has 1 aromatic heterocycles. The number of aromatic nitrogens is 2. The zero-order valence-corrected chi connectivity index (χ0v) is 13.1. The number of hydrogen-bond acceptors (Lipinski definition) is 2. The van der Waals surface area contributed by atoms with Gasteiger partial charge in [0.1, 0.15) is 5.82 Å². The van der Waals surface area contributed by atoms with Gasteiger partial charge >= 0.3 is 0 Å². The molecule has 0 N–H and O–H groups in total. The number of imidazole rings is 1. The number of para-hydroxylation sites is 2. The van der Waals surface area contributed by atoms with E-state index in [9.17, 15) is 0 Å². The lowest BCUT2D eigenvalue weighted by Crippen LogP contribution is -2.25. The van der Waals surface area contributed by atoms with Crippen molar-refractivity contribution in [3.63, 3.8) is 0 Å². The molecule has 0 amide bonds. The average Bonchev–Trinajstić information content (AvgIpc) is 2.79. The Hall–Kier alpha value is -1.35. The zero-order chi connectivity index (χ0) is 14.4. The number of hydrogen-bond donors (Lipinski definition) is 0. The minimum Gasteiger partial charge on any atom is -0.331 e. The molecule has 2 rings (SSSR count). The van der Waals surface area contributed by atoms with Crippen molar-refractivity contribution in [1.82, 2.24) is 14.5 Å². The second kappa shape index (κ2) is 7.44. The van der Waals surface area contributed by atoms with Gasteiger partial charge in [-0.2, -0.15) is 0 Å². The minimum absolute atomic E-state index is 1.08. The van der Waals surface area contributed by atoms with Crippen molar-refractivity contribution in [3.05, 3.63) is 30.1 Å². The van der Waals surface area contributed by atoms with Crippen LogP contribution >= 0.6 is 0 Å². The van der Waals surface area contributed by atoms with E-state index in [-0.39, 0.29) is 0 Å². The summed E-state index contributed by atoms with van der Waals surface area (Å²) in [6.07, 6.45) is 4.81. The van der Waals surface area contributed by atoms with E-state index in [1.165, 1.54) is 50.2 Å². The fourth-order valence-corrected chi connectivity index (χ4v) is 2.78. The van der Waals surface area contributed by atoms with Gasteiger partial charge in [0.25, 0.3) is 0 Å². The number of fused-ring (bicyclic) bond motifs is 1. The molecule has 0 aliphatic heterocycles. The van der Waals surface area contributed by atoms with E-state index < -0.39 is 0 Å². The van der Waals surface area contributed by atoms with Crippen LogP contribution in [-0.2, 0) is 13.5 Å². The van der Waals surface area contributed by atoms with Crippen molar-refractivity contribution >= 4 is 11.0 Å². The molecule has 0 radical (unpaired) electrons. The molecular weight excluding hydrogens is 246 g/mol. The highest BCUT2D eigenvalue weighted by molar-refractivity contribution is 5.75. The van der Waals surface area contributed by atoms with Gasteiger partial charge in [-0.05, 0) is 51.0 Å². The maximum atomic E-state index is 4.73. The van der Waals surface area contributed by atoms with Crippen LogP contribution in [-0.4, -0.2) is 34.1 Å². The summed E-state index contributed by atoms with van der Waals surface area (Å²) < 4.78 is 2.24. The van der Waals surface area contributed by atoms with Gasteiger partial charge in [-0.3, -0.25) is 0 Å². The smallest absolute Gasteiger partial charge is 0.109 e. The third-order valence-corrected chi connectivity index (χ3v) is 3.99. The summed E-state index contributed by atoms with van der Waals surface area (Å²) in [6, 6.07) is 8.38. The number of benzene rings is 1. The summed E-state index contributed by atoms with van der Waals surface area (Å²) >= 11 is 0. The molecule has 110 valence electrons. The van der Waals surface area contributed by atoms with E-state index in [0.29, 0.717) is 0 Å². The van der Waals surface area contributed by atoms with Gasteiger partial charge in [0.05, 0.1) is 11.0 Å². The lowest BCUT2D eigenvalue weighted by Gasteiger charge is -2.19. The maximum absolute atomic E-state index is 4.73. The highest BCUT2D eigenvalue weighted by atomic mass is 15.1. The topological polar surface area (TPSA) is 21.1 Å². The van der Waals surface area contributed by atoms with E-state index in [1.54, 1.807) is 0 Å². The molecule has 0 saturated heterocycles. The fourth-order valence-electron chi connectivity index (χ4n) is 2.78. The molecule has 20 heavy (non-hydrogen) atoms. The fraction of sp³-hybridized carbons (Fsp3) is 0.588. The van der Waals surface area contributed by atoms with Crippen molar-refractivity contribution in [1.29, 1.82) is 0 Å². The molecule has 0 aliphatic carbocycles. The van der Waals surface area contributed by atoms with Crippen LogP contribution in [0.1, 0.15) is 38.9 Å². The van der Waals surface area contributed by atoms with Crippen LogP contribution in [0.4, 0.5) is 0 Å². The van der Waals surface area contributed by atoms with Crippen molar-refractivity contribution in [2.45, 2.75) is 39.5 Å². The van der Waals surface area contributed by atoms with E-state index in [0.717, 1.165) is 11.9 Å². The molecule has 0 bridgehead atoms. The summed E-state index contributed by atoms with van der Waals surface area (Å²) in [5.74, 6) is 1.21. The Morgan fingerprint density at radius 1 is 1.10 bits per heavy atom. The predicted molar refractivity (Wildman–Crippen MR) is 86.1 cm³/mol. The normalized spacial score (nSPS) is 11.6. The van der Waals surface area contributed by atoms with Gasteiger partial charge in [-0.25, -0.2) is 4.98 Å². The van der Waals surface area contributed by atoms with Crippen molar-refractivity contribution in [2.75, 3.05) is 19.6 Å². The summed E-state index contributed by atoms with van der Waals surface area (Å²) in [5, 5.41) is 0. The summed E-state index contributed by atoms with van der Waals surface area (Å²) in [6.45, 7) is 8.11. The van der Waals surface area contributed by atoms with Crippen LogP contribution < -0.4 is 0 Å². The Morgan fingerprint density at radius 3 is 2.60 bits per heavy atom. The maximum Gasteiger partial charge on any atom is 0.109 e. The molecule has 0 atom stereocenters. The van der Waals surface area contributed by atoms with Gasteiger partial charge in [0.2, 0.25) is 0 Å². The van der Waals surface area contributed by atoms with Gasteiger partial charge in [-0.15, -0.1) is 0 Å². The Balaban J connectivity index is 1.85. The quantitative estimate of drug-likeness (QED) is 0.685. The molecule has 3 heteroatoms. The molecule has 0 unspecified atom stereocenters. The van der Waals surface area contributed by atoms with Crippen LogP contribution in [0.15, 0.2) is 24.3 Å². The van der Waals surface area contributed by atoms with Gasteiger partial charge in [-0.1, -0.05) is 26.0 Å². The molecule has 2 aromatic rings. The number of rotatable bonds is 8.